The first-order valence-electron chi connectivity index (χ1n) is 9.24. The molecule has 0 aliphatic carbocycles. The number of aryl methyl sites for hydroxylation is 2. The number of halogens is 1. The van der Waals surface area contributed by atoms with Crippen molar-refractivity contribution in [2.45, 2.75) is 13.8 Å². The molecule has 0 radical (unpaired) electrons. The van der Waals surface area contributed by atoms with Crippen LogP contribution < -0.4 is 10.2 Å². The van der Waals surface area contributed by atoms with Crippen molar-refractivity contribution in [2.75, 3.05) is 10.2 Å². The zero-order valence-electron chi connectivity index (χ0n) is 16.1. The topological polar surface area (TPSA) is 49.4 Å². The van der Waals surface area contributed by atoms with E-state index in [4.69, 9.17) is 11.6 Å². The molecular weight excluding hydrogens is 384 g/mol. The molecule has 0 saturated carbocycles. The molecule has 4 nitrogen and oxygen atoms in total. The third-order valence-corrected chi connectivity index (χ3v) is 5.34. The van der Waals surface area contributed by atoms with Gasteiger partial charge in [0.2, 0.25) is 0 Å². The number of hydrogen-bond donors (Lipinski definition) is 1. The Morgan fingerprint density at radius 3 is 2.17 bits per heavy atom. The number of nitrogens with zero attached hydrogens (tertiary/aromatic N) is 1. The molecule has 5 heteroatoms. The average Bonchev–Trinajstić information content (AvgIpc) is 2.95. The monoisotopic (exact) mass is 402 g/mol. The molecule has 0 atom stereocenters. The quantitative estimate of drug-likeness (QED) is 0.598. The van der Waals surface area contributed by atoms with Crippen molar-refractivity contribution in [3.63, 3.8) is 0 Å². The van der Waals surface area contributed by atoms with Gasteiger partial charge in [-0.05, 0) is 54.8 Å². The van der Waals surface area contributed by atoms with Gasteiger partial charge in [0.15, 0.2) is 0 Å². The average molecular weight is 403 g/mol. The Bertz CT molecular complexity index is 1150. The maximum atomic E-state index is 13.4. The minimum atomic E-state index is -0.430. The van der Waals surface area contributed by atoms with Gasteiger partial charge in [0.05, 0.1) is 16.3 Å². The normalized spacial score (nSPS) is 14.0. The fraction of sp³-hybridized carbons (Fsp3) is 0.0833. The van der Waals surface area contributed by atoms with Crippen LogP contribution in [0.25, 0.3) is 5.57 Å². The number of para-hydroxylation sites is 2. The van der Waals surface area contributed by atoms with Crippen molar-refractivity contribution in [3.8, 4) is 0 Å². The highest BCUT2D eigenvalue weighted by atomic mass is 35.5. The highest BCUT2D eigenvalue weighted by molar-refractivity contribution is 6.48. The molecule has 1 N–H and O–H groups in total. The molecule has 0 fully saturated rings. The van der Waals surface area contributed by atoms with Crippen LogP contribution in [-0.4, -0.2) is 11.8 Å². The second-order valence-corrected chi connectivity index (χ2v) is 7.34. The number of anilines is 2. The zero-order valence-corrected chi connectivity index (χ0v) is 16.8. The van der Waals surface area contributed by atoms with Gasteiger partial charge in [-0.2, -0.15) is 0 Å². The molecule has 1 aliphatic rings. The summed E-state index contributed by atoms with van der Waals surface area (Å²) in [7, 11) is 0. The SMILES string of the molecule is Cc1ccc(C2=C(Nc3ccccc3)C(=O)N(c3ccccc3Cl)C2=O)cc1C. The number of benzene rings is 3. The molecule has 0 bridgehead atoms. The molecular formula is C24H19ClN2O2. The molecule has 0 aromatic heterocycles. The van der Waals surface area contributed by atoms with Crippen LogP contribution in [0.5, 0.6) is 0 Å². The van der Waals surface area contributed by atoms with Crippen molar-refractivity contribution in [1.82, 2.24) is 0 Å². The second-order valence-electron chi connectivity index (χ2n) is 6.94. The molecule has 1 aliphatic heterocycles. The van der Waals surface area contributed by atoms with Crippen LogP contribution in [0.4, 0.5) is 11.4 Å². The van der Waals surface area contributed by atoms with Crippen molar-refractivity contribution >= 4 is 40.4 Å². The van der Waals surface area contributed by atoms with E-state index in [2.05, 4.69) is 5.32 Å². The first kappa shape index (κ1) is 19.0. The predicted octanol–water partition coefficient (Wildman–Crippen LogP) is 5.35. The maximum Gasteiger partial charge on any atom is 0.282 e. The van der Waals surface area contributed by atoms with E-state index in [1.807, 2.05) is 62.4 Å². The van der Waals surface area contributed by atoms with Gasteiger partial charge in [0.1, 0.15) is 5.70 Å². The van der Waals surface area contributed by atoms with Gasteiger partial charge in [-0.25, -0.2) is 4.90 Å². The van der Waals surface area contributed by atoms with E-state index in [-0.39, 0.29) is 5.70 Å². The Morgan fingerprint density at radius 1 is 0.793 bits per heavy atom. The standard InChI is InChI=1S/C24H19ClN2O2/c1-15-12-13-17(14-16(15)2)21-22(26-18-8-4-3-5-9-18)24(29)27(23(21)28)20-11-7-6-10-19(20)25/h3-14,26H,1-2H3. The van der Waals surface area contributed by atoms with Gasteiger partial charge in [-0.3, -0.25) is 9.59 Å². The highest BCUT2D eigenvalue weighted by Gasteiger charge is 2.41. The molecule has 2 amide bonds. The minimum Gasteiger partial charge on any atom is -0.350 e. The van der Waals surface area contributed by atoms with E-state index in [1.54, 1.807) is 24.3 Å². The molecule has 0 spiro atoms. The van der Waals surface area contributed by atoms with Crippen LogP contribution in [0, 0.1) is 13.8 Å². The summed E-state index contributed by atoms with van der Waals surface area (Å²) in [6.07, 6.45) is 0. The predicted molar refractivity (Wildman–Crippen MR) is 117 cm³/mol. The van der Waals surface area contributed by atoms with E-state index in [9.17, 15) is 9.59 Å². The Morgan fingerprint density at radius 2 is 1.48 bits per heavy atom. The molecule has 4 rings (SSSR count). The van der Waals surface area contributed by atoms with Crippen LogP contribution in [0.15, 0.2) is 78.5 Å². The largest absolute Gasteiger partial charge is 0.350 e. The van der Waals surface area contributed by atoms with Gasteiger partial charge in [-0.1, -0.05) is 60.1 Å². The number of hydrogen-bond acceptors (Lipinski definition) is 3. The van der Waals surface area contributed by atoms with Gasteiger partial charge >= 0.3 is 0 Å². The fourth-order valence-electron chi connectivity index (χ4n) is 3.33. The number of amides is 2. The Kier molecular flexibility index (Phi) is 4.95. The van der Waals surface area contributed by atoms with Crippen LogP contribution >= 0.6 is 11.6 Å². The lowest BCUT2D eigenvalue weighted by atomic mass is 9.99. The first-order valence-corrected chi connectivity index (χ1v) is 9.62. The Balaban J connectivity index is 1.87. The van der Waals surface area contributed by atoms with Gasteiger partial charge in [0, 0.05) is 5.69 Å². The van der Waals surface area contributed by atoms with Crippen molar-refractivity contribution in [1.29, 1.82) is 0 Å². The van der Waals surface area contributed by atoms with Gasteiger partial charge in [-0.15, -0.1) is 0 Å². The summed E-state index contributed by atoms with van der Waals surface area (Å²) in [4.78, 5) is 27.9. The summed E-state index contributed by atoms with van der Waals surface area (Å²) in [6.45, 7) is 3.99. The number of nitrogens with one attached hydrogen (secondary N) is 1. The number of imide groups is 1. The molecule has 1 heterocycles. The minimum absolute atomic E-state index is 0.240. The van der Waals surface area contributed by atoms with Crippen molar-refractivity contribution < 1.29 is 9.59 Å². The smallest absolute Gasteiger partial charge is 0.282 e. The number of rotatable bonds is 4. The van der Waals surface area contributed by atoms with E-state index in [1.165, 1.54) is 0 Å². The lowest BCUT2D eigenvalue weighted by molar-refractivity contribution is -0.120. The summed E-state index contributed by atoms with van der Waals surface area (Å²) >= 11 is 6.30. The molecule has 29 heavy (non-hydrogen) atoms. The Labute approximate surface area is 174 Å². The Hall–Kier alpha value is -3.37. The maximum absolute atomic E-state index is 13.4. The molecule has 3 aromatic rings. The number of carbonyl (C=O) groups excluding carboxylic acids is 2. The van der Waals surface area contributed by atoms with E-state index in [0.29, 0.717) is 21.8 Å². The molecule has 0 saturated heterocycles. The van der Waals surface area contributed by atoms with Crippen LogP contribution in [0.3, 0.4) is 0 Å². The summed E-state index contributed by atoms with van der Waals surface area (Å²) in [5, 5.41) is 3.49. The number of carbonyl (C=O) groups is 2. The summed E-state index contributed by atoms with van der Waals surface area (Å²) in [5.74, 6) is -0.829. The summed E-state index contributed by atoms with van der Waals surface area (Å²) in [5.41, 5.74) is 4.53. The third kappa shape index (κ3) is 3.43. The van der Waals surface area contributed by atoms with E-state index in [0.717, 1.165) is 21.7 Å². The molecule has 3 aromatic carbocycles. The van der Waals surface area contributed by atoms with E-state index < -0.39 is 11.8 Å². The van der Waals surface area contributed by atoms with Gasteiger partial charge in [0.25, 0.3) is 11.8 Å². The first-order chi connectivity index (χ1) is 14.0. The second kappa shape index (κ2) is 7.57. The highest BCUT2D eigenvalue weighted by Crippen LogP contribution is 2.37. The molecule has 144 valence electrons. The zero-order chi connectivity index (χ0) is 20.5. The van der Waals surface area contributed by atoms with Crippen molar-refractivity contribution in [2.24, 2.45) is 0 Å². The van der Waals surface area contributed by atoms with E-state index >= 15 is 0 Å². The van der Waals surface area contributed by atoms with Crippen molar-refractivity contribution in [3.05, 3.63) is 100 Å². The molecule has 0 unspecified atom stereocenters. The summed E-state index contributed by atoms with van der Waals surface area (Å²) in [6, 6.07) is 21.9. The lowest BCUT2D eigenvalue weighted by Gasteiger charge is -2.16. The van der Waals surface area contributed by atoms with Crippen LogP contribution in [-0.2, 0) is 9.59 Å². The lowest BCUT2D eigenvalue weighted by Crippen LogP contribution is -2.32. The van der Waals surface area contributed by atoms with Crippen LogP contribution in [0.1, 0.15) is 16.7 Å². The fourth-order valence-corrected chi connectivity index (χ4v) is 3.55. The summed E-state index contributed by atoms with van der Waals surface area (Å²) < 4.78 is 0. The van der Waals surface area contributed by atoms with Gasteiger partial charge < -0.3 is 5.32 Å². The van der Waals surface area contributed by atoms with Crippen LogP contribution in [0.2, 0.25) is 5.02 Å². The third-order valence-electron chi connectivity index (χ3n) is 5.02.